The maximum absolute atomic E-state index is 12.9. The number of likely N-dealkylation sites (tertiary alicyclic amines) is 1. The molecular weight excluding hydrogens is 471 g/mol. The van der Waals surface area contributed by atoms with Crippen molar-refractivity contribution in [1.29, 1.82) is 0 Å². The van der Waals surface area contributed by atoms with E-state index in [1.54, 1.807) is 0 Å². The predicted octanol–water partition coefficient (Wildman–Crippen LogP) is 4.59. The van der Waals surface area contributed by atoms with Gasteiger partial charge < -0.3 is 20.4 Å². The first-order valence-electron chi connectivity index (χ1n) is 12.4. The molecule has 2 saturated heterocycles. The number of aromatic nitrogens is 1. The Morgan fingerprint density at radius 1 is 0.943 bits per heavy atom. The molecule has 35 heavy (non-hydrogen) atoms. The summed E-state index contributed by atoms with van der Waals surface area (Å²) < 4.78 is 38.7. The maximum atomic E-state index is 12.9. The highest BCUT2D eigenvalue weighted by molar-refractivity contribution is 7.80. The van der Waals surface area contributed by atoms with Crippen LogP contribution >= 0.6 is 12.2 Å². The van der Waals surface area contributed by atoms with Crippen LogP contribution in [0, 0.1) is 0 Å². The largest absolute Gasteiger partial charge is 0.417 e. The topological polar surface area (TPSA) is 43.4 Å². The van der Waals surface area contributed by atoms with Gasteiger partial charge in [0.15, 0.2) is 5.11 Å². The second kappa shape index (κ2) is 11.6. The maximum Gasteiger partial charge on any atom is 0.417 e. The quantitative estimate of drug-likeness (QED) is 0.537. The number of piperidine rings is 2. The van der Waals surface area contributed by atoms with Gasteiger partial charge in [-0.1, -0.05) is 36.8 Å². The van der Waals surface area contributed by atoms with Crippen LogP contribution in [0.4, 0.5) is 19.0 Å². The predicted molar refractivity (Wildman–Crippen MR) is 138 cm³/mol. The Morgan fingerprint density at radius 2 is 1.66 bits per heavy atom. The molecule has 2 aliphatic rings. The zero-order valence-electron chi connectivity index (χ0n) is 20.0. The van der Waals surface area contributed by atoms with Gasteiger partial charge in [-0.15, -0.1) is 0 Å². The van der Waals surface area contributed by atoms with E-state index in [0.29, 0.717) is 30.6 Å². The number of rotatable bonds is 7. The highest BCUT2D eigenvalue weighted by Crippen LogP contribution is 2.37. The second-order valence-electron chi connectivity index (χ2n) is 9.55. The minimum atomic E-state index is -4.37. The standard InChI is InChI=1S/C26H34F3N5S/c27-26(28,29)22-9-10-23(31-19-22)34-16-11-25(12-17-34,21-7-3-1-4-8-21)20-32-24(35)30-13-18-33-14-5-2-6-15-33/h1,3-4,7-10,19H,2,5-6,11-18,20H2,(H2,30,32,35). The van der Waals surface area contributed by atoms with E-state index in [1.807, 2.05) is 6.07 Å². The first-order chi connectivity index (χ1) is 16.9. The summed E-state index contributed by atoms with van der Waals surface area (Å²) in [7, 11) is 0. The van der Waals surface area contributed by atoms with Crippen molar-refractivity contribution in [3.63, 3.8) is 0 Å². The molecule has 2 aliphatic heterocycles. The van der Waals surface area contributed by atoms with Gasteiger partial charge >= 0.3 is 6.18 Å². The van der Waals surface area contributed by atoms with E-state index in [-0.39, 0.29) is 5.41 Å². The number of nitrogens with one attached hydrogen (secondary N) is 2. The third kappa shape index (κ3) is 6.85. The molecule has 0 bridgehead atoms. The van der Waals surface area contributed by atoms with Gasteiger partial charge in [-0.3, -0.25) is 0 Å². The second-order valence-corrected chi connectivity index (χ2v) is 9.96. The van der Waals surface area contributed by atoms with Crippen LogP contribution in [0.15, 0.2) is 48.7 Å². The van der Waals surface area contributed by atoms with E-state index >= 15 is 0 Å². The lowest BCUT2D eigenvalue weighted by Gasteiger charge is -2.43. The van der Waals surface area contributed by atoms with Crippen LogP contribution in [0.1, 0.15) is 43.2 Å². The van der Waals surface area contributed by atoms with Crippen molar-refractivity contribution >= 4 is 23.1 Å². The van der Waals surface area contributed by atoms with Crippen molar-refractivity contribution < 1.29 is 13.2 Å². The molecule has 9 heteroatoms. The number of thiocarbonyl (C=S) groups is 1. The molecule has 0 saturated carbocycles. The third-order valence-electron chi connectivity index (χ3n) is 7.26. The Bertz CT molecular complexity index is 938. The minimum Gasteiger partial charge on any atom is -0.362 e. The van der Waals surface area contributed by atoms with Crippen molar-refractivity contribution in [2.45, 2.75) is 43.7 Å². The van der Waals surface area contributed by atoms with Gasteiger partial charge in [0.25, 0.3) is 0 Å². The number of pyridine rings is 1. The first-order valence-corrected chi connectivity index (χ1v) is 12.8. The molecule has 5 nitrogen and oxygen atoms in total. The number of hydrogen-bond acceptors (Lipinski definition) is 4. The number of nitrogens with zero attached hydrogens (tertiary/aromatic N) is 3. The molecule has 2 N–H and O–H groups in total. The summed E-state index contributed by atoms with van der Waals surface area (Å²) >= 11 is 5.58. The third-order valence-corrected chi connectivity index (χ3v) is 7.54. The molecule has 3 heterocycles. The molecule has 1 aromatic carbocycles. The van der Waals surface area contributed by atoms with E-state index in [9.17, 15) is 13.2 Å². The normalized spacial score (nSPS) is 18.8. The fourth-order valence-corrected chi connectivity index (χ4v) is 5.26. The summed E-state index contributed by atoms with van der Waals surface area (Å²) in [6, 6.07) is 13.0. The van der Waals surface area contributed by atoms with Gasteiger partial charge in [-0.05, 0) is 68.7 Å². The molecule has 0 atom stereocenters. The molecule has 2 fully saturated rings. The van der Waals surface area contributed by atoms with E-state index < -0.39 is 11.7 Å². The van der Waals surface area contributed by atoms with Gasteiger partial charge in [-0.25, -0.2) is 4.98 Å². The number of anilines is 1. The molecule has 4 rings (SSSR count). The van der Waals surface area contributed by atoms with Gasteiger partial charge in [0.05, 0.1) is 5.56 Å². The van der Waals surface area contributed by atoms with Crippen LogP contribution in [0.2, 0.25) is 0 Å². The molecule has 190 valence electrons. The van der Waals surface area contributed by atoms with Crippen molar-refractivity contribution in [2.75, 3.05) is 50.7 Å². The van der Waals surface area contributed by atoms with Crippen LogP contribution in [0.25, 0.3) is 0 Å². The summed E-state index contributed by atoms with van der Waals surface area (Å²) in [5, 5.41) is 7.48. The van der Waals surface area contributed by atoms with Crippen molar-refractivity contribution in [3.8, 4) is 0 Å². The molecule has 0 spiro atoms. The number of benzene rings is 1. The van der Waals surface area contributed by atoms with Crippen molar-refractivity contribution in [3.05, 3.63) is 59.8 Å². The zero-order chi connectivity index (χ0) is 24.7. The summed E-state index contributed by atoms with van der Waals surface area (Å²) in [4.78, 5) is 8.64. The Labute approximate surface area is 211 Å². The van der Waals surface area contributed by atoms with Crippen LogP contribution in [-0.2, 0) is 11.6 Å². The van der Waals surface area contributed by atoms with E-state index in [2.05, 4.69) is 49.7 Å². The monoisotopic (exact) mass is 505 g/mol. The SMILES string of the molecule is FC(F)(F)c1ccc(N2CCC(CNC(=S)NCCN3CCCCC3)(c3ccccc3)CC2)nc1. The van der Waals surface area contributed by atoms with Crippen molar-refractivity contribution in [1.82, 2.24) is 20.5 Å². The van der Waals surface area contributed by atoms with Gasteiger partial charge in [-0.2, -0.15) is 13.2 Å². The van der Waals surface area contributed by atoms with Crippen LogP contribution in [-0.4, -0.2) is 60.8 Å². The number of halogens is 3. The minimum absolute atomic E-state index is 0.109. The van der Waals surface area contributed by atoms with E-state index in [0.717, 1.165) is 38.2 Å². The lowest BCUT2D eigenvalue weighted by molar-refractivity contribution is -0.137. The Balaban J connectivity index is 1.34. The molecule has 1 aromatic heterocycles. The number of alkyl halides is 3. The van der Waals surface area contributed by atoms with E-state index in [1.165, 1.54) is 44.0 Å². The molecule has 0 aliphatic carbocycles. The van der Waals surface area contributed by atoms with Crippen LogP contribution in [0.3, 0.4) is 0 Å². The first kappa shape index (κ1) is 25.7. The van der Waals surface area contributed by atoms with Gasteiger partial charge in [0.2, 0.25) is 0 Å². The van der Waals surface area contributed by atoms with E-state index in [4.69, 9.17) is 12.2 Å². The molecular formula is C26H34F3N5S. The Hall–Kier alpha value is -2.39. The summed E-state index contributed by atoms with van der Waals surface area (Å²) in [5.74, 6) is 0.586. The molecule has 0 amide bonds. The summed E-state index contributed by atoms with van der Waals surface area (Å²) in [5.41, 5.74) is 0.425. The Kier molecular flexibility index (Phi) is 8.49. The summed E-state index contributed by atoms with van der Waals surface area (Å²) in [6.45, 7) is 6.31. The smallest absolute Gasteiger partial charge is 0.362 e. The van der Waals surface area contributed by atoms with Crippen LogP contribution in [0.5, 0.6) is 0 Å². The van der Waals surface area contributed by atoms with Gasteiger partial charge in [0.1, 0.15) is 5.82 Å². The fraction of sp³-hybridized carbons (Fsp3) is 0.538. The lowest BCUT2D eigenvalue weighted by atomic mass is 9.72. The van der Waals surface area contributed by atoms with Crippen molar-refractivity contribution in [2.24, 2.45) is 0 Å². The lowest BCUT2D eigenvalue weighted by Crippen LogP contribution is -2.51. The molecule has 2 aromatic rings. The molecule has 0 unspecified atom stereocenters. The fourth-order valence-electron chi connectivity index (χ4n) is 5.09. The summed E-state index contributed by atoms with van der Waals surface area (Å²) in [6.07, 6.45) is 2.14. The zero-order valence-corrected chi connectivity index (χ0v) is 20.8. The number of hydrogen-bond donors (Lipinski definition) is 2. The molecule has 0 radical (unpaired) electrons. The Morgan fingerprint density at radius 3 is 2.29 bits per heavy atom. The highest BCUT2D eigenvalue weighted by Gasteiger charge is 2.37. The highest BCUT2D eigenvalue weighted by atomic mass is 32.1. The average molecular weight is 506 g/mol. The van der Waals surface area contributed by atoms with Crippen LogP contribution < -0.4 is 15.5 Å². The average Bonchev–Trinajstić information content (AvgIpc) is 2.88. The van der Waals surface area contributed by atoms with Gasteiger partial charge in [0, 0.05) is 44.3 Å².